The van der Waals surface area contributed by atoms with Crippen LogP contribution in [0, 0.1) is 12.8 Å². The molecule has 2 fully saturated rings. The van der Waals surface area contributed by atoms with Gasteiger partial charge >= 0.3 is 6.03 Å². The molecule has 3 heterocycles. The van der Waals surface area contributed by atoms with E-state index in [-0.39, 0.29) is 17.9 Å². The lowest BCUT2D eigenvalue weighted by Crippen LogP contribution is -2.48. The molecule has 0 aliphatic carbocycles. The van der Waals surface area contributed by atoms with Gasteiger partial charge in [-0.1, -0.05) is 18.2 Å². The molecule has 2 aliphatic heterocycles. The first kappa shape index (κ1) is 18.7. The lowest BCUT2D eigenvalue weighted by Gasteiger charge is -2.35. The van der Waals surface area contributed by atoms with Crippen molar-refractivity contribution in [2.24, 2.45) is 5.92 Å². The summed E-state index contributed by atoms with van der Waals surface area (Å²) in [6.07, 6.45) is 1.41. The maximum atomic E-state index is 12.7. The number of amides is 3. The zero-order valence-corrected chi connectivity index (χ0v) is 16.2. The molecule has 0 bridgehead atoms. The van der Waals surface area contributed by atoms with Gasteiger partial charge in [-0.3, -0.25) is 9.78 Å². The molecule has 1 aromatic heterocycles. The Bertz CT molecular complexity index is 871. The predicted molar refractivity (Wildman–Crippen MR) is 107 cm³/mol. The minimum atomic E-state index is -0.131. The van der Waals surface area contributed by atoms with Crippen molar-refractivity contribution in [1.82, 2.24) is 14.8 Å². The maximum Gasteiger partial charge on any atom is 0.321 e. The van der Waals surface area contributed by atoms with E-state index >= 15 is 0 Å². The van der Waals surface area contributed by atoms with Crippen LogP contribution in [-0.4, -0.2) is 66.1 Å². The summed E-state index contributed by atoms with van der Waals surface area (Å²) in [6.45, 7) is 5.69. The molecule has 7 heteroatoms. The van der Waals surface area contributed by atoms with Gasteiger partial charge in [0.15, 0.2) is 0 Å². The van der Waals surface area contributed by atoms with Crippen LogP contribution in [0.25, 0.3) is 10.9 Å². The van der Waals surface area contributed by atoms with Crippen LogP contribution in [0.5, 0.6) is 0 Å². The Morgan fingerprint density at radius 3 is 2.54 bits per heavy atom. The second-order valence-electron chi connectivity index (χ2n) is 7.46. The van der Waals surface area contributed by atoms with Gasteiger partial charge in [0.25, 0.3) is 0 Å². The summed E-state index contributed by atoms with van der Waals surface area (Å²) in [7, 11) is 0. The molecule has 2 aliphatic rings. The first-order valence-electron chi connectivity index (χ1n) is 9.90. The normalized spacial score (nSPS) is 18.3. The van der Waals surface area contributed by atoms with Crippen molar-refractivity contribution in [2.45, 2.75) is 19.8 Å². The summed E-state index contributed by atoms with van der Waals surface area (Å²) in [5.41, 5.74) is 2.43. The van der Waals surface area contributed by atoms with Gasteiger partial charge in [0.1, 0.15) is 0 Å². The third-order valence-corrected chi connectivity index (χ3v) is 5.56. The number of hydrogen-bond donors (Lipinski definition) is 1. The van der Waals surface area contributed by atoms with Crippen molar-refractivity contribution >= 4 is 28.5 Å². The number of carbonyl (C=O) groups excluding carboxylic acids is 2. The lowest BCUT2D eigenvalue weighted by atomic mass is 9.95. The van der Waals surface area contributed by atoms with Crippen LogP contribution in [0.3, 0.4) is 0 Å². The number of para-hydroxylation sites is 1. The van der Waals surface area contributed by atoms with E-state index in [9.17, 15) is 9.59 Å². The molecule has 7 nitrogen and oxygen atoms in total. The molecule has 2 saturated heterocycles. The van der Waals surface area contributed by atoms with E-state index in [1.54, 1.807) is 4.90 Å². The highest BCUT2D eigenvalue weighted by Gasteiger charge is 2.31. The SMILES string of the molecule is Cc1ccc2cccc(NC(=O)N3CCC(C(=O)N4CCOCC4)CC3)c2n1. The number of nitrogens with one attached hydrogen (secondary N) is 1. The molecular formula is C21H26N4O3. The number of pyridine rings is 1. The standard InChI is InChI=1S/C21H26N4O3/c1-15-5-6-16-3-2-4-18(19(16)22-15)23-21(27)25-9-7-17(8-10-25)20(26)24-11-13-28-14-12-24/h2-6,17H,7-14H2,1H3,(H,23,27). The number of aromatic nitrogens is 1. The largest absolute Gasteiger partial charge is 0.378 e. The first-order valence-corrected chi connectivity index (χ1v) is 9.90. The van der Waals surface area contributed by atoms with Crippen molar-refractivity contribution in [1.29, 1.82) is 0 Å². The number of rotatable bonds is 2. The minimum absolute atomic E-state index is 0.00372. The van der Waals surface area contributed by atoms with Crippen LogP contribution in [0.2, 0.25) is 0 Å². The molecule has 0 spiro atoms. The number of aryl methyl sites for hydroxylation is 1. The molecule has 2 aromatic rings. The maximum absolute atomic E-state index is 12.7. The quantitative estimate of drug-likeness (QED) is 0.867. The number of hydrogen-bond acceptors (Lipinski definition) is 4. The average Bonchev–Trinajstić information content (AvgIpc) is 2.74. The summed E-state index contributed by atoms with van der Waals surface area (Å²) in [6, 6.07) is 9.62. The summed E-state index contributed by atoms with van der Waals surface area (Å²) in [5.74, 6) is 0.209. The van der Waals surface area contributed by atoms with Gasteiger partial charge in [0.2, 0.25) is 5.91 Å². The first-order chi connectivity index (χ1) is 13.6. The van der Waals surface area contributed by atoms with Gasteiger partial charge in [-0.25, -0.2) is 4.79 Å². The smallest absolute Gasteiger partial charge is 0.321 e. The highest BCUT2D eigenvalue weighted by Crippen LogP contribution is 2.24. The van der Waals surface area contributed by atoms with Crippen LogP contribution < -0.4 is 5.32 Å². The highest BCUT2D eigenvalue weighted by molar-refractivity contribution is 5.99. The number of benzene rings is 1. The van der Waals surface area contributed by atoms with Gasteiger partial charge < -0.3 is 19.9 Å². The predicted octanol–water partition coefficient (Wildman–Crippen LogP) is 2.65. The average molecular weight is 382 g/mol. The molecule has 4 rings (SSSR count). The topological polar surface area (TPSA) is 74.8 Å². The summed E-state index contributed by atoms with van der Waals surface area (Å²) < 4.78 is 5.32. The van der Waals surface area contributed by atoms with E-state index in [0.717, 1.165) is 22.3 Å². The fourth-order valence-electron chi connectivity index (χ4n) is 3.91. The molecular weight excluding hydrogens is 356 g/mol. The molecule has 148 valence electrons. The Morgan fingerprint density at radius 2 is 1.79 bits per heavy atom. The molecule has 1 aromatic carbocycles. The van der Waals surface area contributed by atoms with Gasteiger partial charge in [-0.2, -0.15) is 0 Å². The van der Waals surface area contributed by atoms with Crippen molar-refractivity contribution in [3.05, 3.63) is 36.0 Å². The zero-order valence-electron chi connectivity index (χ0n) is 16.2. The molecule has 0 radical (unpaired) electrons. The second-order valence-corrected chi connectivity index (χ2v) is 7.46. The van der Waals surface area contributed by atoms with Crippen molar-refractivity contribution < 1.29 is 14.3 Å². The number of nitrogens with zero attached hydrogens (tertiary/aromatic N) is 3. The number of morpholine rings is 1. The summed E-state index contributed by atoms with van der Waals surface area (Å²) >= 11 is 0. The number of carbonyl (C=O) groups is 2. The van der Waals surface area contributed by atoms with Crippen LogP contribution in [0.1, 0.15) is 18.5 Å². The Kier molecular flexibility index (Phi) is 5.43. The number of anilines is 1. The Hall–Kier alpha value is -2.67. The zero-order chi connectivity index (χ0) is 19.5. The fourth-order valence-corrected chi connectivity index (χ4v) is 3.91. The molecule has 0 unspecified atom stereocenters. The Labute approximate surface area is 164 Å². The molecule has 0 atom stereocenters. The van der Waals surface area contributed by atoms with Gasteiger partial charge in [0.05, 0.1) is 24.4 Å². The number of piperidine rings is 1. The van der Waals surface area contributed by atoms with Gasteiger partial charge in [-0.05, 0) is 31.9 Å². The van der Waals surface area contributed by atoms with E-state index in [1.807, 2.05) is 42.2 Å². The monoisotopic (exact) mass is 382 g/mol. The van der Waals surface area contributed by atoms with Gasteiger partial charge in [0, 0.05) is 43.2 Å². The molecule has 3 amide bonds. The van der Waals surface area contributed by atoms with Crippen molar-refractivity contribution in [2.75, 3.05) is 44.7 Å². The van der Waals surface area contributed by atoms with Crippen molar-refractivity contribution in [3.8, 4) is 0 Å². The van der Waals surface area contributed by atoms with Crippen LogP contribution >= 0.6 is 0 Å². The number of ether oxygens (including phenoxy) is 1. The van der Waals surface area contributed by atoms with E-state index in [1.165, 1.54) is 0 Å². The van der Waals surface area contributed by atoms with E-state index in [2.05, 4.69) is 10.3 Å². The molecule has 0 saturated carbocycles. The number of urea groups is 1. The van der Waals surface area contributed by atoms with Crippen LogP contribution in [0.4, 0.5) is 10.5 Å². The minimum Gasteiger partial charge on any atom is -0.378 e. The fraction of sp³-hybridized carbons (Fsp3) is 0.476. The Balaban J connectivity index is 1.37. The van der Waals surface area contributed by atoms with E-state index in [0.29, 0.717) is 52.2 Å². The summed E-state index contributed by atoms with van der Waals surface area (Å²) in [5, 5.41) is 4.00. The second kappa shape index (κ2) is 8.14. The van der Waals surface area contributed by atoms with Gasteiger partial charge in [-0.15, -0.1) is 0 Å². The van der Waals surface area contributed by atoms with E-state index in [4.69, 9.17) is 4.74 Å². The highest BCUT2D eigenvalue weighted by atomic mass is 16.5. The lowest BCUT2D eigenvalue weighted by molar-refractivity contribution is -0.140. The number of likely N-dealkylation sites (tertiary alicyclic amines) is 1. The molecule has 1 N–H and O–H groups in total. The van der Waals surface area contributed by atoms with Crippen molar-refractivity contribution in [3.63, 3.8) is 0 Å². The third kappa shape index (κ3) is 3.94. The summed E-state index contributed by atoms with van der Waals surface area (Å²) in [4.78, 5) is 33.6. The van der Waals surface area contributed by atoms with E-state index < -0.39 is 0 Å². The van der Waals surface area contributed by atoms with Crippen LogP contribution in [-0.2, 0) is 9.53 Å². The van der Waals surface area contributed by atoms with Crippen LogP contribution in [0.15, 0.2) is 30.3 Å². The third-order valence-electron chi connectivity index (χ3n) is 5.56. The molecule has 28 heavy (non-hydrogen) atoms. The Morgan fingerprint density at radius 1 is 1.04 bits per heavy atom. The number of fused-ring (bicyclic) bond motifs is 1.